The van der Waals surface area contributed by atoms with Crippen LogP contribution >= 0.6 is 11.6 Å². The topological polar surface area (TPSA) is 57.8 Å². The van der Waals surface area contributed by atoms with Crippen molar-refractivity contribution in [3.63, 3.8) is 0 Å². The number of halogens is 1. The molecular weight excluding hydrogens is 226 g/mol. The van der Waals surface area contributed by atoms with Crippen molar-refractivity contribution in [1.82, 2.24) is 9.97 Å². The highest BCUT2D eigenvalue weighted by atomic mass is 35.5. The second-order valence-electron chi connectivity index (χ2n) is 3.28. The fourth-order valence-electron chi connectivity index (χ4n) is 1.26. The first kappa shape index (κ1) is 10.7. The van der Waals surface area contributed by atoms with E-state index < -0.39 is 0 Å². The zero-order chi connectivity index (χ0) is 11.4. The van der Waals surface area contributed by atoms with Gasteiger partial charge in [0, 0.05) is 17.6 Å². The lowest BCUT2D eigenvalue weighted by atomic mass is 10.2. The normalized spacial score (nSPS) is 10.1. The second kappa shape index (κ2) is 4.81. The minimum Gasteiger partial charge on any atom is -0.366 e. The van der Waals surface area contributed by atoms with Crippen LogP contribution in [0.4, 0.5) is 5.82 Å². The van der Waals surface area contributed by atoms with E-state index in [1.807, 2.05) is 24.3 Å². The van der Waals surface area contributed by atoms with Crippen LogP contribution in [0.3, 0.4) is 0 Å². The second-order valence-corrected chi connectivity index (χ2v) is 3.71. The summed E-state index contributed by atoms with van der Waals surface area (Å²) in [7, 11) is 0. The van der Waals surface area contributed by atoms with E-state index in [0.717, 1.165) is 5.56 Å². The van der Waals surface area contributed by atoms with E-state index in [2.05, 4.69) is 15.3 Å². The molecule has 0 aliphatic rings. The van der Waals surface area contributed by atoms with Gasteiger partial charge in [-0.25, -0.2) is 4.98 Å². The van der Waals surface area contributed by atoms with Crippen LogP contribution in [0.2, 0.25) is 5.02 Å². The van der Waals surface area contributed by atoms with Crippen LogP contribution in [0.1, 0.15) is 5.56 Å². The number of nitrogens with one attached hydrogen (secondary N) is 2. The summed E-state index contributed by atoms with van der Waals surface area (Å²) in [5.41, 5.74) is 0.903. The summed E-state index contributed by atoms with van der Waals surface area (Å²) < 4.78 is 0. The third kappa shape index (κ3) is 2.84. The van der Waals surface area contributed by atoms with Crippen molar-refractivity contribution >= 4 is 17.4 Å². The Morgan fingerprint density at radius 2 is 2.06 bits per heavy atom. The average Bonchev–Trinajstić information content (AvgIpc) is 2.28. The summed E-state index contributed by atoms with van der Waals surface area (Å²) in [6.07, 6.45) is 1.37. The molecule has 16 heavy (non-hydrogen) atoms. The van der Waals surface area contributed by atoms with Crippen LogP contribution in [-0.4, -0.2) is 9.97 Å². The molecule has 2 N–H and O–H groups in total. The number of aromatic nitrogens is 2. The quantitative estimate of drug-likeness (QED) is 0.856. The Morgan fingerprint density at radius 1 is 1.31 bits per heavy atom. The molecule has 0 bridgehead atoms. The van der Waals surface area contributed by atoms with Gasteiger partial charge in [0.25, 0.3) is 5.56 Å². The lowest BCUT2D eigenvalue weighted by Crippen LogP contribution is -2.08. The van der Waals surface area contributed by atoms with Crippen LogP contribution in [0, 0.1) is 0 Å². The van der Waals surface area contributed by atoms with Crippen LogP contribution in [0.25, 0.3) is 0 Å². The number of H-pyrrole nitrogens is 1. The Labute approximate surface area is 97.3 Å². The van der Waals surface area contributed by atoms with Crippen molar-refractivity contribution in [2.45, 2.75) is 6.54 Å². The smallest absolute Gasteiger partial charge is 0.252 e. The molecule has 2 rings (SSSR count). The summed E-state index contributed by atoms with van der Waals surface area (Å²) in [6, 6.07) is 8.90. The molecule has 1 aromatic heterocycles. The van der Waals surface area contributed by atoms with Crippen molar-refractivity contribution in [3.8, 4) is 0 Å². The highest BCUT2D eigenvalue weighted by molar-refractivity contribution is 6.30. The molecule has 0 atom stereocenters. The van der Waals surface area contributed by atoms with Crippen LogP contribution < -0.4 is 10.9 Å². The molecule has 0 saturated heterocycles. The van der Waals surface area contributed by atoms with E-state index in [0.29, 0.717) is 17.4 Å². The number of anilines is 1. The Morgan fingerprint density at radius 3 is 2.75 bits per heavy atom. The highest BCUT2D eigenvalue weighted by Gasteiger charge is 1.95. The molecular formula is C11H10ClN3O. The molecule has 0 spiro atoms. The largest absolute Gasteiger partial charge is 0.366 e. The summed E-state index contributed by atoms with van der Waals surface area (Å²) in [4.78, 5) is 17.4. The standard InChI is InChI=1S/C11H10ClN3O/c12-9-3-1-8(2-4-9)6-13-10-5-11(16)15-7-14-10/h1-5,7H,6H2,(H2,13,14,15,16). The van der Waals surface area contributed by atoms with E-state index in [9.17, 15) is 4.79 Å². The first-order chi connectivity index (χ1) is 7.74. The molecule has 0 saturated carbocycles. The summed E-state index contributed by atoms with van der Waals surface area (Å²) in [6.45, 7) is 0.605. The van der Waals surface area contributed by atoms with E-state index in [-0.39, 0.29) is 5.56 Å². The molecule has 0 aliphatic heterocycles. The summed E-state index contributed by atoms with van der Waals surface area (Å²) in [5.74, 6) is 0.554. The van der Waals surface area contributed by atoms with Crippen LogP contribution in [0.5, 0.6) is 0 Å². The first-order valence-corrected chi connectivity index (χ1v) is 5.15. The molecule has 5 heteroatoms. The SMILES string of the molecule is O=c1cc(NCc2ccc(Cl)cc2)nc[nH]1. The van der Waals surface area contributed by atoms with Gasteiger partial charge in [-0.15, -0.1) is 0 Å². The Bertz CT molecular complexity index is 521. The number of hydrogen-bond donors (Lipinski definition) is 2. The van der Waals surface area contributed by atoms with E-state index in [1.165, 1.54) is 12.4 Å². The highest BCUT2D eigenvalue weighted by Crippen LogP contribution is 2.10. The van der Waals surface area contributed by atoms with Crippen molar-refractivity contribution in [2.75, 3.05) is 5.32 Å². The fraction of sp³-hybridized carbons (Fsp3) is 0.0909. The average molecular weight is 236 g/mol. The maximum absolute atomic E-state index is 11.0. The van der Waals surface area contributed by atoms with Gasteiger partial charge in [-0.1, -0.05) is 23.7 Å². The lowest BCUT2D eigenvalue weighted by Gasteiger charge is -2.04. The number of aromatic amines is 1. The van der Waals surface area contributed by atoms with E-state index >= 15 is 0 Å². The molecule has 0 radical (unpaired) electrons. The predicted octanol–water partition coefficient (Wildman–Crippen LogP) is 2.04. The van der Waals surface area contributed by atoms with Crippen molar-refractivity contribution in [1.29, 1.82) is 0 Å². The molecule has 2 aromatic rings. The van der Waals surface area contributed by atoms with Gasteiger partial charge in [-0.05, 0) is 17.7 Å². The third-order valence-corrected chi connectivity index (χ3v) is 2.32. The zero-order valence-corrected chi connectivity index (χ0v) is 9.16. The van der Waals surface area contributed by atoms with E-state index in [4.69, 9.17) is 11.6 Å². The predicted molar refractivity (Wildman–Crippen MR) is 63.6 cm³/mol. The van der Waals surface area contributed by atoms with Crippen LogP contribution in [0.15, 0.2) is 41.5 Å². The van der Waals surface area contributed by atoms with Crippen molar-refractivity contribution in [2.24, 2.45) is 0 Å². The maximum atomic E-state index is 11.0. The number of benzene rings is 1. The van der Waals surface area contributed by atoms with E-state index in [1.54, 1.807) is 0 Å². The Balaban J connectivity index is 2.02. The van der Waals surface area contributed by atoms with Gasteiger partial charge in [0.1, 0.15) is 5.82 Å². The molecule has 0 unspecified atom stereocenters. The van der Waals surface area contributed by atoms with Gasteiger partial charge in [0.2, 0.25) is 0 Å². The number of rotatable bonds is 3. The summed E-state index contributed by atoms with van der Waals surface area (Å²) in [5, 5.41) is 3.75. The molecule has 4 nitrogen and oxygen atoms in total. The third-order valence-electron chi connectivity index (χ3n) is 2.07. The van der Waals surface area contributed by atoms with Crippen molar-refractivity contribution < 1.29 is 0 Å². The molecule has 82 valence electrons. The van der Waals surface area contributed by atoms with Gasteiger partial charge >= 0.3 is 0 Å². The fourth-order valence-corrected chi connectivity index (χ4v) is 1.39. The number of hydrogen-bond acceptors (Lipinski definition) is 3. The molecule has 0 fully saturated rings. The zero-order valence-electron chi connectivity index (χ0n) is 8.40. The van der Waals surface area contributed by atoms with Crippen LogP contribution in [-0.2, 0) is 6.54 Å². The lowest BCUT2D eigenvalue weighted by molar-refractivity contribution is 1.06. The van der Waals surface area contributed by atoms with Gasteiger partial charge in [-0.3, -0.25) is 4.79 Å². The number of nitrogens with zero attached hydrogens (tertiary/aromatic N) is 1. The van der Waals surface area contributed by atoms with Gasteiger partial charge in [0.15, 0.2) is 0 Å². The molecule has 0 aliphatic carbocycles. The van der Waals surface area contributed by atoms with Gasteiger partial charge in [-0.2, -0.15) is 0 Å². The monoisotopic (exact) mass is 235 g/mol. The Kier molecular flexibility index (Phi) is 3.22. The minimum atomic E-state index is -0.173. The molecule has 1 heterocycles. The summed E-state index contributed by atoms with van der Waals surface area (Å²) >= 11 is 5.77. The van der Waals surface area contributed by atoms with Gasteiger partial charge < -0.3 is 10.3 Å². The minimum absolute atomic E-state index is 0.173. The molecule has 1 aromatic carbocycles. The maximum Gasteiger partial charge on any atom is 0.252 e. The Hall–Kier alpha value is -1.81. The first-order valence-electron chi connectivity index (χ1n) is 4.77. The van der Waals surface area contributed by atoms with Gasteiger partial charge in [0.05, 0.1) is 6.33 Å². The molecule has 0 amide bonds. The van der Waals surface area contributed by atoms with Crippen molar-refractivity contribution in [3.05, 3.63) is 57.6 Å².